The summed E-state index contributed by atoms with van der Waals surface area (Å²) in [5.74, 6) is -3.42. The zero-order valence-corrected chi connectivity index (χ0v) is 16.5. The monoisotopic (exact) mass is 476 g/mol. The first-order valence-corrected chi connectivity index (χ1v) is 9.35. The molecule has 0 bridgehead atoms. The first-order valence-electron chi connectivity index (χ1n) is 9.35. The number of carboxylic acids is 1. The molecule has 3 rings (SSSR count). The molecule has 1 aromatic heterocycles. The molecule has 0 amide bonds. The minimum atomic E-state index is -5.13. The quantitative estimate of drug-likeness (QED) is 0.566. The van der Waals surface area contributed by atoms with E-state index in [0.717, 1.165) is 30.5 Å². The molecule has 2 aromatic rings. The standard InChI is InChI=1S/C21H15F7N2O3/c22-15-5-13(6-17(9-15)33-21(26,27)28)18-7-12(19(31)32)3-1-2-4-30(18)16-8-14(10-29-11-16)20(23,24)25/h3,5-11H,1-2,4H2,(H,31,32)/b12-3-,18-7-. The lowest BCUT2D eigenvalue weighted by atomic mass is 10.0. The number of allylic oxidation sites excluding steroid dienone is 1. The SMILES string of the molecule is O=C(O)C1=C\CCCN(c2cncc(C(F)(F)F)c2)/C(c2cc(F)cc(OC(F)(F)F)c2)=C\1. The molecule has 1 aromatic carbocycles. The second kappa shape index (κ2) is 9.12. The first kappa shape index (κ1) is 24.1. The molecule has 1 aliphatic rings. The van der Waals surface area contributed by atoms with Gasteiger partial charge < -0.3 is 14.7 Å². The van der Waals surface area contributed by atoms with Crippen LogP contribution in [0.5, 0.6) is 5.75 Å². The van der Waals surface area contributed by atoms with Gasteiger partial charge in [0.05, 0.1) is 23.0 Å². The van der Waals surface area contributed by atoms with Crippen molar-refractivity contribution < 1.29 is 45.4 Å². The van der Waals surface area contributed by atoms with Crippen molar-refractivity contribution in [2.24, 2.45) is 0 Å². The fourth-order valence-electron chi connectivity index (χ4n) is 3.20. The predicted octanol–water partition coefficient (Wildman–Crippen LogP) is 5.79. The van der Waals surface area contributed by atoms with Gasteiger partial charge in [0.15, 0.2) is 0 Å². The van der Waals surface area contributed by atoms with Crippen LogP contribution in [-0.4, -0.2) is 29.0 Å². The van der Waals surface area contributed by atoms with Gasteiger partial charge in [-0.05, 0) is 37.1 Å². The van der Waals surface area contributed by atoms with Crippen LogP contribution in [0.2, 0.25) is 0 Å². The Bertz CT molecular complexity index is 1110. The summed E-state index contributed by atoms with van der Waals surface area (Å²) in [7, 11) is 0. The van der Waals surface area contributed by atoms with Crippen LogP contribution in [0.3, 0.4) is 0 Å². The number of carboxylic acid groups (broad SMARTS) is 1. The maximum absolute atomic E-state index is 14.2. The van der Waals surface area contributed by atoms with Crippen LogP contribution in [0.25, 0.3) is 5.70 Å². The fraction of sp³-hybridized carbons (Fsp3) is 0.238. The predicted molar refractivity (Wildman–Crippen MR) is 103 cm³/mol. The Labute approximate surface area is 182 Å². The highest BCUT2D eigenvalue weighted by atomic mass is 19.4. The van der Waals surface area contributed by atoms with E-state index in [1.165, 1.54) is 11.0 Å². The van der Waals surface area contributed by atoms with E-state index in [2.05, 4.69) is 9.72 Å². The van der Waals surface area contributed by atoms with Crippen molar-refractivity contribution in [1.29, 1.82) is 0 Å². The van der Waals surface area contributed by atoms with Crippen LogP contribution in [0.4, 0.5) is 36.4 Å². The molecule has 0 spiro atoms. The number of halogens is 7. The van der Waals surface area contributed by atoms with Crippen LogP contribution >= 0.6 is 0 Å². The number of pyridine rings is 1. The van der Waals surface area contributed by atoms with E-state index in [1.807, 2.05) is 0 Å². The van der Waals surface area contributed by atoms with E-state index in [0.29, 0.717) is 12.3 Å². The molecule has 0 unspecified atom stereocenters. The lowest BCUT2D eigenvalue weighted by Gasteiger charge is -2.29. The van der Waals surface area contributed by atoms with Crippen LogP contribution in [0.15, 0.2) is 54.4 Å². The summed E-state index contributed by atoms with van der Waals surface area (Å²) in [6.45, 7) is 0.0458. The number of rotatable bonds is 4. The minimum Gasteiger partial charge on any atom is -0.478 e. The van der Waals surface area contributed by atoms with Crippen molar-refractivity contribution in [3.63, 3.8) is 0 Å². The minimum absolute atomic E-state index is 0.0458. The Morgan fingerprint density at radius 2 is 1.79 bits per heavy atom. The van der Waals surface area contributed by atoms with Crippen LogP contribution < -0.4 is 9.64 Å². The Balaban J connectivity index is 2.20. The zero-order chi connectivity index (χ0) is 24.4. The van der Waals surface area contributed by atoms with E-state index in [4.69, 9.17) is 0 Å². The Morgan fingerprint density at radius 3 is 2.42 bits per heavy atom. The second-order valence-corrected chi connectivity index (χ2v) is 6.94. The largest absolute Gasteiger partial charge is 0.573 e. The summed E-state index contributed by atoms with van der Waals surface area (Å²) >= 11 is 0. The molecule has 5 nitrogen and oxygen atoms in total. The van der Waals surface area contributed by atoms with E-state index in [-0.39, 0.29) is 41.9 Å². The van der Waals surface area contributed by atoms with Crippen molar-refractivity contribution in [3.05, 3.63) is 71.3 Å². The summed E-state index contributed by atoms with van der Waals surface area (Å²) in [4.78, 5) is 16.4. The van der Waals surface area contributed by atoms with Gasteiger partial charge in [-0.2, -0.15) is 13.2 Å². The number of aliphatic carboxylic acids is 1. The van der Waals surface area contributed by atoms with Crippen LogP contribution in [0, 0.1) is 5.82 Å². The Morgan fingerprint density at radius 1 is 1.06 bits per heavy atom. The summed E-state index contributed by atoms with van der Waals surface area (Å²) < 4.78 is 95.5. The number of nitrogens with zero attached hydrogens (tertiary/aromatic N) is 2. The summed E-state index contributed by atoms with van der Waals surface area (Å²) in [6.07, 6.45) is -5.22. The third-order valence-electron chi connectivity index (χ3n) is 4.54. The number of alkyl halides is 6. The van der Waals surface area contributed by atoms with Crippen LogP contribution in [0.1, 0.15) is 24.0 Å². The maximum Gasteiger partial charge on any atom is 0.573 e. The molecule has 12 heteroatoms. The number of hydrogen-bond acceptors (Lipinski definition) is 4. The number of ether oxygens (including phenoxy) is 1. The van der Waals surface area contributed by atoms with Gasteiger partial charge in [0.1, 0.15) is 11.6 Å². The first-order chi connectivity index (χ1) is 15.3. The smallest absolute Gasteiger partial charge is 0.478 e. The summed E-state index contributed by atoms with van der Waals surface area (Å²) in [5.41, 5.74) is -1.84. The molecule has 0 saturated carbocycles. The van der Waals surface area contributed by atoms with Gasteiger partial charge in [0, 0.05) is 30.1 Å². The third-order valence-corrected chi connectivity index (χ3v) is 4.54. The average molecular weight is 476 g/mol. The zero-order valence-electron chi connectivity index (χ0n) is 16.5. The number of benzene rings is 1. The molecule has 0 fully saturated rings. The molecule has 0 radical (unpaired) electrons. The molecule has 1 aliphatic heterocycles. The van der Waals surface area contributed by atoms with Gasteiger partial charge in [0.25, 0.3) is 0 Å². The van der Waals surface area contributed by atoms with Gasteiger partial charge >= 0.3 is 18.5 Å². The van der Waals surface area contributed by atoms with Gasteiger partial charge in [-0.1, -0.05) is 6.08 Å². The number of aromatic nitrogens is 1. The number of carbonyl (C=O) groups is 1. The third kappa shape index (κ3) is 6.24. The van der Waals surface area contributed by atoms with Crippen molar-refractivity contribution in [2.75, 3.05) is 11.4 Å². The topological polar surface area (TPSA) is 62.7 Å². The molecular formula is C21H15F7N2O3. The summed E-state index contributed by atoms with van der Waals surface area (Å²) in [5, 5.41) is 9.45. The molecule has 0 aliphatic carbocycles. The Hall–Kier alpha value is -3.57. The van der Waals surface area contributed by atoms with Gasteiger partial charge in [-0.15, -0.1) is 13.2 Å². The number of anilines is 1. The highest BCUT2D eigenvalue weighted by Crippen LogP contribution is 2.36. The highest BCUT2D eigenvalue weighted by molar-refractivity contribution is 5.94. The van der Waals surface area contributed by atoms with Gasteiger partial charge in [0.2, 0.25) is 0 Å². The van der Waals surface area contributed by atoms with Crippen molar-refractivity contribution in [1.82, 2.24) is 4.98 Å². The normalized spacial score (nSPS) is 18.5. The second-order valence-electron chi connectivity index (χ2n) is 6.94. The molecule has 33 heavy (non-hydrogen) atoms. The lowest BCUT2D eigenvalue weighted by molar-refractivity contribution is -0.274. The fourth-order valence-corrected chi connectivity index (χ4v) is 3.20. The van der Waals surface area contributed by atoms with E-state index in [1.54, 1.807) is 0 Å². The molecule has 176 valence electrons. The lowest BCUT2D eigenvalue weighted by Crippen LogP contribution is -2.25. The van der Waals surface area contributed by atoms with Crippen molar-refractivity contribution in [3.8, 4) is 5.75 Å². The summed E-state index contributed by atoms with van der Waals surface area (Å²) in [6, 6.07) is 2.88. The van der Waals surface area contributed by atoms with Crippen molar-refractivity contribution in [2.45, 2.75) is 25.4 Å². The van der Waals surface area contributed by atoms with Crippen molar-refractivity contribution >= 4 is 17.4 Å². The van der Waals surface area contributed by atoms with E-state index < -0.39 is 35.6 Å². The molecule has 2 heterocycles. The van der Waals surface area contributed by atoms with E-state index >= 15 is 0 Å². The van der Waals surface area contributed by atoms with Gasteiger partial charge in [-0.25, -0.2) is 9.18 Å². The average Bonchev–Trinajstić information content (AvgIpc) is 2.65. The maximum atomic E-state index is 14.2. The van der Waals surface area contributed by atoms with E-state index in [9.17, 15) is 40.6 Å². The highest BCUT2D eigenvalue weighted by Gasteiger charge is 2.33. The molecular weight excluding hydrogens is 461 g/mol. The molecule has 0 atom stereocenters. The molecule has 0 saturated heterocycles. The van der Waals surface area contributed by atoms with Crippen LogP contribution in [-0.2, 0) is 11.0 Å². The number of hydrogen-bond donors (Lipinski definition) is 1. The van der Waals surface area contributed by atoms with Gasteiger partial charge in [-0.3, -0.25) is 4.98 Å². The Kier molecular flexibility index (Phi) is 6.65. The molecule has 1 N–H and O–H groups in total.